The van der Waals surface area contributed by atoms with Crippen LogP contribution in [0.1, 0.15) is 20.8 Å². The lowest BCUT2D eigenvalue weighted by molar-refractivity contribution is -0.130. The number of hydrogen-bond acceptors (Lipinski definition) is 1. The van der Waals surface area contributed by atoms with Gasteiger partial charge in [-0.2, -0.15) is 0 Å². The third-order valence-electron chi connectivity index (χ3n) is 1.20. The van der Waals surface area contributed by atoms with Crippen LogP contribution in [-0.2, 0) is 17.4 Å². The molecule has 0 radical (unpaired) electrons. The molecule has 10 heavy (non-hydrogen) atoms. The second-order valence-corrected chi connectivity index (χ2v) is 3.69. The van der Waals surface area contributed by atoms with Crippen LogP contribution in [0, 0.1) is 5.41 Å². The molecule has 0 saturated heterocycles. The van der Waals surface area contributed by atoms with E-state index in [9.17, 15) is 9.18 Å². The molecule has 0 aromatic carbocycles. The molecule has 0 heterocycles. The lowest BCUT2D eigenvalue weighted by Crippen LogP contribution is -2.31. The van der Waals surface area contributed by atoms with Crippen molar-refractivity contribution >= 4 is 18.4 Å². The Hall–Kier alpha value is -0.0500. The molecule has 0 aromatic heterocycles. The third-order valence-corrected chi connectivity index (χ3v) is 1.56. The number of alkyl halides is 1. The standard InChI is InChI=1S/C7H13FOS/c1-7(2,3)6(9)5(8)4-10/h5,10H,4H2,1-3H3/p+1. The quantitative estimate of drug-likeness (QED) is 0.557. The monoisotopic (exact) mass is 165 g/mol. The van der Waals surface area contributed by atoms with E-state index in [1.807, 2.05) is 0 Å². The Balaban J connectivity index is 4.09. The van der Waals surface area contributed by atoms with Crippen LogP contribution in [0.5, 0.6) is 0 Å². The molecule has 0 aliphatic heterocycles. The summed E-state index contributed by atoms with van der Waals surface area (Å²) in [6, 6.07) is 0. The van der Waals surface area contributed by atoms with Crippen LogP contribution in [0.25, 0.3) is 0 Å². The van der Waals surface area contributed by atoms with Gasteiger partial charge in [0.15, 0.2) is 5.78 Å². The average Bonchev–Trinajstić information content (AvgIpc) is 1.83. The Kier molecular flexibility index (Phi) is 3.36. The summed E-state index contributed by atoms with van der Waals surface area (Å²) in [5.74, 6) is -0.252. The molecule has 0 aliphatic rings. The molecule has 0 bridgehead atoms. The largest absolute Gasteiger partial charge is 0.296 e. The maximum Gasteiger partial charge on any atom is 0.202 e. The first kappa shape index (κ1) is 9.95. The minimum Gasteiger partial charge on any atom is -0.296 e. The average molecular weight is 165 g/mol. The van der Waals surface area contributed by atoms with E-state index in [1.54, 1.807) is 20.8 Å². The van der Waals surface area contributed by atoms with Crippen molar-refractivity contribution < 1.29 is 9.18 Å². The van der Waals surface area contributed by atoms with E-state index in [1.165, 1.54) is 0 Å². The van der Waals surface area contributed by atoms with E-state index in [2.05, 4.69) is 12.6 Å². The first-order valence-electron chi connectivity index (χ1n) is 3.22. The summed E-state index contributed by atoms with van der Waals surface area (Å²) < 4.78 is 12.6. The van der Waals surface area contributed by atoms with Gasteiger partial charge in [0.2, 0.25) is 6.17 Å². The van der Waals surface area contributed by atoms with Gasteiger partial charge in [-0.25, -0.2) is 4.39 Å². The maximum atomic E-state index is 12.6. The zero-order valence-electron chi connectivity index (χ0n) is 6.57. The minimum atomic E-state index is -1.36. The number of halogens is 1. The van der Waals surface area contributed by atoms with E-state index in [-0.39, 0.29) is 11.5 Å². The highest BCUT2D eigenvalue weighted by Crippen LogP contribution is 2.17. The zero-order chi connectivity index (χ0) is 8.36. The van der Waals surface area contributed by atoms with Gasteiger partial charge in [-0.3, -0.25) is 4.79 Å². The van der Waals surface area contributed by atoms with Crippen molar-refractivity contribution in [1.82, 2.24) is 0 Å². The Labute approximate surface area is 66.4 Å². The molecule has 0 N–H and O–H groups in total. The van der Waals surface area contributed by atoms with Gasteiger partial charge in [-0.15, -0.1) is 0 Å². The van der Waals surface area contributed by atoms with Crippen LogP contribution in [0.4, 0.5) is 4.39 Å². The second kappa shape index (κ2) is 3.37. The summed E-state index contributed by atoms with van der Waals surface area (Å²) in [7, 11) is 0. The van der Waals surface area contributed by atoms with Crippen molar-refractivity contribution in [3.8, 4) is 0 Å². The maximum absolute atomic E-state index is 12.6. The molecular formula is C7H14FOS+. The highest BCUT2D eigenvalue weighted by atomic mass is 32.1. The summed E-state index contributed by atoms with van der Waals surface area (Å²) in [6.45, 7) is 5.14. The molecule has 3 heteroatoms. The van der Waals surface area contributed by atoms with Gasteiger partial charge in [0.05, 0.1) is 0 Å². The summed E-state index contributed by atoms with van der Waals surface area (Å²) in [5.41, 5.74) is -0.563. The van der Waals surface area contributed by atoms with Crippen LogP contribution in [0.2, 0.25) is 0 Å². The predicted octanol–water partition coefficient (Wildman–Crippen LogP) is 0.951. The third kappa shape index (κ3) is 2.69. The number of carbonyl (C=O) groups is 1. The highest BCUT2D eigenvalue weighted by molar-refractivity contribution is 7.58. The van der Waals surface area contributed by atoms with Crippen molar-refractivity contribution in [3.05, 3.63) is 0 Å². The van der Waals surface area contributed by atoms with Gasteiger partial charge in [-0.1, -0.05) is 20.8 Å². The highest BCUT2D eigenvalue weighted by Gasteiger charge is 2.29. The predicted molar refractivity (Wildman–Crippen MR) is 44.4 cm³/mol. The fourth-order valence-corrected chi connectivity index (χ4v) is 0.748. The van der Waals surface area contributed by atoms with E-state index >= 15 is 0 Å². The Morgan fingerprint density at radius 1 is 1.60 bits per heavy atom. The topological polar surface area (TPSA) is 17.1 Å². The molecule has 1 atom stereocenters. The first-order valence-corrected chi connectivity index (χ1v) is 3.93. The van der Waals surface area contributed by atoms with E-state index in [0.29, 0.717) is 0 Å². The summed E-state index contributed by atoms with van der Waals surface area (Å²) in [4.78, 5) is 11.0. The number of hydrogen-bond donors (Lipinski definition) is 0. The smallest absolute Gasteiger partial charge is 0.202 e. The first-order chi connectivity index (χ1) is 4.39. The molecule has 60 valence electrons. The molecule has 1 nitrogen and oxygen atoms in total. The Bertz CT molecular complexity index is 128. The molecule has 0 saturated carbocycles. The normalized spacial score (nSPS) is 14.9. The van der Waals surface area contributed by atoms with Gasteiger partial charge < -0.3 is 0 Å². The molecule has 0 aliphatic carbocycles. The van der Waals surface area contributed by atoms with Crippen molar-refractivity contribution in [2.24, 2.45) is 5.41 Å². The minimum absolute atomic E-state index is 0.0934. The Morgan fingerprint density at radius 2 is 2.00 bits per heavy atom. The second-order valence-electron chi connectivity index (χ2n) is 3.29. The lowest BCUT2D eigenvalue weighted by Gasteiger charge is -2.16. The van der Waals surface area contributed by atoms with E-state index < -0.39 is 11.6 Å². The molecule has 0 spiro atoms. The van der Waals surface area contributed by atoms with Gasteiger partial charge in [0, 0.05) is 5.41 Å². The summed E-state index contributed by atoms with van der Waals surface area (Å²) >= 11 is 2.96. The van der Waals surface area contributed by atoms with Crippen molar-refractivity contribution in [1.29, 1.82) is 0 Å². The van der Waals surface area contributed by atoms with E-state index in [0.717, 1.165) is 0 Å². The summed E-state index contributed by atoms with van der Waals surface area (Å²) in [5, 5.41) is 0. The fourth-order valence-electron chi connectivity index (χ4n) is 0.563. The van der Waals surface area contributed by atoms with Gasteiger partial charge >= 0.3 is 0 Å². The zero-order valence-corrected chi connectivity index (χ0v) is 7.57. The lowest BCUT2D eigenvalue weighted by atomic mass is 9.89. The number of rotatable bonds is 2. The molecule has 0 fully saturated rings. The molecule has 0 aromatic rings. The molecule has 0 rings (SSSR count). The molecule has 0 amide bonds. The van der Waals surface area contributed by atoms with Crippen LogP contribution in [-0.4, -0.2) is 17.7 Å². The Morgan fingerprint density at radius 3 is 2.10 bits per heavy atom. The van der Waals surface area contributed by atoms with Crippen LogP contribution >= 0.6 is 0 Å². The van der Waals surface area contributed by atoms with Crippen LogP contribution in [0.15, 0.2) is 0 Å². The van der Waals surface area contributed by atoms with Crippen molar-refractivity contribution in [2.75, 3.05) is 5.75 Å². The van der Waals surface area contributed by atoms with Gasteiger partial charge in [0.25, 0.3) is 0 Å². The number of ketones is 1. The van der Waals surface area contributed by atoms with Gasteiger partial charge in [-0.05, 0) is 12.6 Å². The fraction of sp³-hybridized carbons (Fsp3) is 0.857. The van der Waals surface area contributed by atoms with Crippen LogP contribution < -0.4 is 0 Å². The SMILES string of the molecule is CC(C)(C)C(=O)C(F)C[SH2+]. The number of Topliss-reactive ketones (excluding diaryl/α,β-unsaturated/α-hetero) is 1. The summed E-state index contributed by atoms with van der Waals surface area (Å²) in [6.07, 6.45) is -1.36. The molecule has 1 unspecified atom stereocenters. The van der Waals surface area contributed by atoms with Crippen LogP contribution in [0.3, 0.4) is 0 Å². The van der Waals surface area contributed by atoms with Crippen molar-refractivity contribution in [3.63, 3.8) is 0 Å². The number of carbonyl (C=O) groups excluding carboxylic acids is 1. The van der Waals surface area contributed by atoms with Crippen molar-refractivity contribution in [2.45, 2.75) is 26.9 Å². The molecular weight excluding hydrogens is 151 g/mol. The van der Waals surface area contributed by atoms with E-state index in [4.69, 9.17) is 0 Å². The van der Waals surface area contributed by atoms with Gasteiger partial charge in [0.1, 0.15) is 5.75 Å².